The Morgan fingerprint density at radius 1 is 1.24 bits per heavy atom. The maximum Gasteiger partial charge on any atom is 0.337 e. The Bertz CT molecular complexity index is 626. The zero-order valence-corrected chi connectivity index (χ0v) is 12.4. The number of halogens is 1. The second-order valence-corrected chi connectivity index (χ2v) is 5.02. The number of rotatable bonds is 6. The lowest BCUT2D eigenvalue weighted by Crippen LogP contribution is -2.14. The summed E-state index contributed by atoms with van der Waals surface area (Å²) in [6.07, 6.45) is 0. The number of carboxylic acid groups (broad SMARTS) is 1. The van der Waals surface area contributed by atoms with Crippen molar-refractivity contribution in [2.24, 2.45) is 0 Å². The van der Waals surface area contributed by atoms with E-state index < -0.39 is 5.97 Å². The molecule has 4 nitrogen and oxygen atoms in total. The highest BCUT2D eigenvalue weighted by atomic mass is 35.5. The van der Waals surface area contributed by atoms with E-state index in [2.05, 4.69) is 5.32 Å². The molecule has 0 aliphatic rings. The van der Waals surface area contributed by atoms with Crippen molar-refractivity contribution >= 4 is 23.3 Å². The zero-order valence-electron chi connectivity index (χ0n) is 11.6. The minimum Gasteiger partial charge on any atom is -0.492 e. The molecule has 0 saturated carbocycles. The highest BCUT2D eigenvalue weighted by molar-refractivity contribution is 6.30. The van der Waals surface area contributed by atoms with Gasteiger partial charge in [-0.3, -0.25) is 0 Å². The molecule has 21 heavy (non-hydrogen) atoms. The first-order valence-electron chi connectivity index (χ1n) is 6.52. The van der Waals surface area contributed by atoms with E-state index in [-0.39, 0.29) is 5.56 Å². The van der Waals surface area contributed by atoms with Crippen LogP contribution in [0.1, 0.15) is 15.9 Å². The number of nitrogens with one attached hydrogen (secondary N) is 1. The minimum absolute atomic E-state index is 0.265. The Labute approximate surface area is 128 Å². The molecule has 110 valence electrons. The van der Waals surface area contributed by atoms with Gasteiger partial charge in [0.25, 0.3) is 0 Å². The molecule has 0 radical (unpaired) electrons. The SMILES string of the molecule is Cc1ccc(NCCOc2ccc(Cl)cc2)c(C(=O)O)c1. The monoisotopic (exact) mass is 305 g/mol. The normalized spacial score (nSPS) is 10.2. The van der Waals surface area contributed by atoms with Crippen LogP contribution in [0, 0.1) is 6.92 Å². The second-order valence-electron chi connectivity index (χ2n) is 4.58. The van der Waals surface area contributed by atoms with Gasteiger partial charge in [-0.2, -0.15) is 0 Å². The van der Waals surface area contributed by atoms with E-state index in [0.29, 0.717) is 23.9 Å². The van der Waals surface area contributed by atoms with Crippen LogP contribution in [-0.4, -0.2) is 24.2 Å². The van der Waals surface area contributed by atoms with Gasteiger partial charge in [-0.1, -0.05) is 23.2 Å². The zero-order chi connectivity index (χ0) is 15.2. The molecule has 2 rings (SSSR count). The van der Waals surface area contributed by atoms with Crippen LogP contribution in [-0.2, 0) is 0 Å². The molecule has 2 aromatic carbocycles. The molecule has 0 aromatic heterocycles. The van der Waals surface area contributed by atoms with Gasteiger partial charge in [-0.15, -0.1) is 0 Å². The summed E-state index contributed by atoms with van der Waals surface area (Å²) in [5, 5.41) is 12.9. The molecule has 0 amide bonds. The molecular weight excluding hydrogens is 290 g/mol. The van der Waals surface area contributed by atoms with E-state index in [0.717, 1.165) is 11.3 Å². The Hall–Kier alpha value is -2.20. The van der Waals surface area contributed by atoms with Crippen LogP contribution in [0.2, 0.25) is 5.02 Å². The molecule has 2 aromatic rings. The summed E-state index contributed by atoms with van der Waals surface area (Å²) in [5.41, 5.74) is 1.77. The van der Waals surface area contributed by atoms with Crippen LogP contribution >= 0.6 is 11.6 Å². The summed E-state index contributed by atoms with van der Waals surface area (Å²) in [7, 11) is 0. The molecule has 2 N–H and O–H groups in total. The van der Waals surface area contributed by atoms with Crippen molar-refractivity contribution in [1.82, 2.24) is 0 Å². The number of benzene rings is 2. The molecule has 0 fully saturated rings. The predicted molar refractivity (Wildman–Crippen MR) is 83.6 cm³/mol. The van der Waals surface area contributed by atoms with Crippen molar-refractivity contribution < 1.29 is 14.6 Å². The summed E-state index contributed by atoms with van der Waals surface area (Å²) in [6, 6.07) is 12.4. The van der Waals surface area contributed by atoms with Gasteiger partial charge in [0.15, 0.2) is 0 Å². The van der Waals surface area contributed by atoms with Crippen LogP contribution in [0.25, 0.3) is 0 Å². The van der Waals surface area contributed by atoms with Crippen LogP contribution < -0.4 is 10.1 Å². The van der Waals surface area contributed by atoms with E-state index in [4.69, 9.17) is 21.4 Å². The summed E-state index contributed by atoms with van der Waals surface area (Å²) in [5.74, 6) is -0.219. The fourth-order valence-electron chi connectivity index (χ4n) is 1.87. The minimum atomic E-state index is -0.945. The van der Waals surface area contributed by atoms with Gasteiger partial charge in [0.1, 0.15) is 12.4 Å². The van der Waals surface area contributed by atoms with Crippen molar-refractivity contribution in [3.05, 3.63) is 58.6 Å². The van der Waals surface area contributed by atoms with Crippen molar-refractivity contribution in [2.75, 3.05) is 18.5 Å². The molecule has 0 unspecified atom stereocenters. The Morgan fingerprint density at radius 3 is 2.62 bits per heavy atom. The summed E-state index contributed by atoms with van der Waals surface area (Å²) in [4.78, 5) is 11.2. The lowest BCUT2D eigenvalue weighted by molar-refractivity contribution is 0.0698. The predicted octanol–water partition coefficient (Wildman–Crippen LogP) is 3.84. The fourth-order valence-corrected chi connectivity index (χ4v) is 2.00. The van der Waals surface area contributed by atoms with Crippen molar-refractivity contribution in [3.63, 3.8) is 0 Å². The summed E-state index contributed by atoms with van der Waals surface area (Å²) < 4.78 is 5.54. The Balaban J connectivity index is 1.89. The Kier molecular flexibility index (Phi) is 5.06. The number of anilines is 1. The third-order valence-corrected chi connectivity index (χ3v) is 3.16. The number of hydrogen-bond donors (Lipinski definition) is 2. The van der Waals surface area contributed by atoms with Crippen LogP contribution in [0.4, 0.5) is 5.69 Å². The third kappa shape index (κ3) is 4.39. The van der Waals surface area contributed by atoms with Gasteiger partial charge in [0.2, 0.25) is 0 Å². The highest BCUT2D eigenvalue weighted by Crippen LogP contribution is 2.18. The molecule has 0 atom stereocenters. The molecule has 0 spiro atoms. The van der Waals surface area contributed by atoms with Crippen LogP contribution in [0.5, 0.6) is 5.75 Å². The first-order valence-corrected chi connectivity index (χ1v) is 6.90. The summed E-state index contributed by atoms with van der Waals surface area (Å²) in [6.45, 7) is 2.79. The topological polar surface area (TPSA) is 58.6 Å². The number of aryl methyl sites for hydroxylation is 1. The van der Waals surface area contributed by atoms with Gasteiger partial charge in [0, 0.05) is 17.3 Å². The number of carboxylic acids is 1. The average molecular weight is 306 g/mol. The smallest absolute Gasteiger partial charge is 0.337 e. The van der Waals surface area contributed by atoms with Crippen molar-refractivity contribution in [1.29, 1.82) is 0 Å². The highest BCUT2D eigenvalue weighted by Gasteiger charge is 2.09. The number of carbonyl (C=O) groups is 1. The van der Waals surface area contributed by atoms with Crippen molar-refractivity contribution in [2.45, 2.75) is 6.92 Å². The van der Waals surface area contributed by atoms with E-state index >= 15 is 0 Å². The first kappa shape index (κ1) is 15.2. The molecule has 0 aliphatic heterocycles. The van der Waals surface area contributed by atoms with Crippen LogP contribution in [0.3, 0.4) is 0 Å². The molecule has 0 aliphatic carbocycles. The fraction of sp³-hybridized carbons (Fsp3) is 0.188. The maximum absolute atomic E-state index is 11.2. The van der Waals surface area contributed by atoms with Gasteiger partial charge in [0.05, 0.1) is 5.56 Å². The average Bonchev–Trinajstić information content (AvgIpc) is 2.46. The third-order valence-electron chi connectivity index (χ3n) is 2.91. The molecule has 0 heterocycles. The molecular formula is C16H16ClNO3. The Morgan fingerprint density at radius 2 is 1.95 bits per heavy atom. The second kappa shape index (κ2) is 6.99. The van der Waals surface area contributed by atoms with Gasteiger partial charge in [-0.25, -0.2) is 4.79 Å². The van der Waals surface area contributed by atoms with E-state index in [1.165, 1.54) is 0 Å². The van der Waals surface area contributed by atoms with E-state index in [9.17, 15) is 4.79 Å². The number of aromatic carboxylic acids is 1. The lowest BCUT2D eigenvalue weighted by Gasteiger charge is -2.11. The van der Waals surface area contributed by atoms with Crippen LogP contribution in [0.15, 0.2) is 42.5 Å². The molecule has 5 heteroatoms. The molecule has 0 saturated heterocycles. The first-order chi connectivity index (χ1) is 10.1. The van der Waals surface area contributed by atoms with Crippen molar-refractivity contribution in [3.8, 4) is 5.75 Å². The van der Waals surface area contributed by atoms with E-state index in [1.807, 2.05) is 13.0 Å². The lowest BCUT2D eigenvalue weighted by atomic mass is 10.1. The van der Waals surface area contributed by atoms with E-state index in [1.54, 1.807) is 36.4 Å². The summed E-state index contributed by atoms with van der Waals surface area (Å²) >= 11 is 5.79. The number of ether oxygens (including phenoxy) is 1. The largest absolute Gasteiger partial charge is 0.492 e. The van der Waals surface area contributed by atoms with Gasteiger partial charge < -0.3 is 15.2 Å². The standard InChI is InChI=1S/C16H16ClNO3/c1-11-2-7-15(14(10-11)16(19)20)18-8-9-21-13-5-3-12(17)4-6-13/h2-7,10,18H,8-9H2,1H3,(H,19,20). The maximum atomic E-state index is 11.2. The van der Waals surface area contributed by atoms with Gasteiger partial charge >= 0.3 is 5.97 Å². The quantitative estimate of drug-likeness (QED) is 0.796. The van der Waals surface area contributed by atoms with Gasteiger partial charge in [-0.05, 0) is 43.3 Å². The number of hydrogen-bond acceptors (Lipinski definition) is 3. The molecule has 0 bridgehead atoms.